The number of benzene rings is 2. The lowest BCUT2D eigenvalue weighted by Gasteiger charge is -2.13. The highest BCUT2D eigenvalue weighted by atomic mass is 19.1. The molecule has 11 nitrogen and oxygen atoms in total. The van der Waals surface area contributed by atoms with Gasteiger partial charge in [-0.05, 0) is 38.0 Å². The Hall–Kier alpha value is -4.87. The van der Waals surface area contributed by atoms with Gasteiger partial charge in [0.2, 0.25) is 0 Å². The van der Waals surface area contributed by atoms with E-state index in [4.69, 9.17) is 4.42 Å². The number of hydrogen-bond acceptors (Lipinski definition) is 7. The molecule has 0 saturated heterocycles. The number of hydrazone groups is 1. The number of halogens is 1. The Morgan fingerprint density at radius 2 is 1.78 bits per heavy atom. The zero-order chi connectivity index (χ0) is 25.8. The van der Waals surface area contributed by atoms with E-state index in [1.807, 2.05) is 0 Å². The number of aryl methyl sites for hydroxylation is 1. The highest BCUT2D eigenvalue weighted by molar-refractivity contribution is 6.07. The van der Waals surface area contributed by atoms with Crippen molar-refractivity contribution in [2.24, 2.45) is 5.10 Å². The van der Waals surface area contributed by atoms with Crippen LogP contribution in [-0.4, -0.2) is 28.4 Å². The lowest BCUT2D eigenvalue weighted by atomic mass is 9.93. The average Bonchev–Trinajstić information content (AvgIpc) is 3.23. The Kier molecular flexibility index (Phi) is 6.86. The number of rotatable bonds is 5. The summed E-state index contributed by atoms with van der Waals surface area (Å²) in [5, 5.41) is 15.1. The lowest BCUT2D eigenvalue weighted by Crippen LogP contribution is -2.42. The number of amides is 3. The van der Waals surface area contributed by atoms with Crippen LogP contribution in [0.1, 0.15) is 61.0 Å². The summed E-state index contributed by atoms with van der Waals surface area (Å²) < 4.78 is 19.5. The van der Waals surface area contributed by atoms with Gasteiger partial charge < -0.3 is 4.42 Å². The van der Waals surface area contributed by atoms with E-state index in [1.165, 1.54) is 36.4 Å². The van der Waals surface area contributed by atoms with E-state index in [9.17, 15) is 28.9 Å². The van der Waals surface area contributed by atoms with Crippen LogP contribution in [0.5, 0.6) is 0 Å². The first-order valence-corrected chi connectivity index (χ1v) is 10.9. The highest BCUT2D eigenvalue weighted by Crippen LogP contribution is 2.29. The van der Waals surface area contributed by atoms with Crippen LogP contribution in [-0.2, 0) is 6.42 Å². The number of non-ortho nitro benzene ring substituents is 1. The summed E-state index contributed by atoms with van der Waals surface area (Å²) in [7, 11) is 0. The number of nitro groups is 1. The molecule has 2 aromatic carbocycles. The van der Waals surface area contributed by atoms with E-state index >= 15 is 0 Å². The average molecular weight is 493 g/mol. The molecule has 12 heteroatoms. The van der Waals surface area contributed by atoms with Gasteiger partial charge in [-0.1, -0.05) is 18.2 Å². The van der Waals surface area contributed by atoms with E-state index in [-0.39, 0.29) is 22.6 Å². The van der Waals surface area contributed by atoms with E-state index in [1.54, 1.807) is 6.92 Å². The lowest BCUT2D eigenvalue weighted by molar-refractivity contribution is -0.384. The van der Waals surface area contributed by atoms with Crippen molar-refractivity contribution in [3.63, 3.8) is 0 Å². The monoisotopic (exact) mass is 493 g/mol. The first-order chi connectivity index (χ1) is 17.3. The second kappa shape index (κ2) is 10.2. The number of carbonyl (C=O) groups excluding carboxylic acids is 3. The molecule has 1 aliphatic carbocycles. The Balaban J connectivity index is 1.49. The molecule has 3 N–H and O–H groups in total. The molecule has 0 spiro atoms. The first-order valence-electron chi connectivity index (χ1n) is 10.9. The van der Waals surface area contributed by atoms with Crippen molar-refractivity contribution in [2.75, 3.05) is 0 Å². The van der Waals surface area contributed by atoms with Gasteiger partial charge in [-0.25, -0.2) is 9.82 Å². The minimum absolute atomic E-state index is 0.0616. The molecule has 4 rings (SSSR count). The highest BCUT2D eigenvalue weighted by Gasteiger charge is 2.28. The molecule has 0 fully saturated rings. The van der Waals surface area contributed by atoms with Crippen molar-refractivity contribution >= 4 is 29.1 Å². The Bertz CT molecular complexity index is 1410. The van der Waals surface area contributed by atoms with Crippen LogP contribution < -0.4 is 16.3 Å². The molecule has 1 heterocycles. The number of fused-ring (bicyclic) bond motifs is 1. The van der Waals surface area contributed by atoms with Crippen molar-refractivity contribution in [1.29, 1.82) is 0 Å². The number of furan rings is 1. The Labute approximate surface area is 203 Å². The number of hydrogen-bond donors (Lipinski definition) is 3. The molecule has 184 valence electrons. The van der Waals surface area contributed by atoms with Gasteiger partial charge in [0.25, 0.3) is 17.5 Å². The Morgan fingerprint density at radius 3 is 2.53 bits per heavy atom. The summed E-state index contributed by atoms with van der Waals surface area (Å²) in [5.41, 5.74) is 7.86. The zero-order valence-electron chi connectivity index (χ0n) is 19.0. The van der Waals surface area contributed by atoms with Crippen LogP contribution >= 0.6 is 0 Å². The Morgan fingerprint density at radius 1 is 1.03 bits per heavy atom. The molecule has 0 bridgehead atoms. The maximum Gasteiger partial charge on any atom is 0.305 e. The van der Waals surface area contributed by atoms with E-state index in [2.05, 4.69) is 21.4 Å². The maximum atomic E-state index is 13.8. The van der Waals surface area contributed by atoms with Gasteiger partial charge in [0.05, 0.1) is 16.2 Å². The third-order valence-electron chi connectivity index (χ3n) is 5.55. The quantitative estimate of drug-likeness (QED) is 0.366. The van der Waals surface area contributed by atoms with Crippen LogP contribution in [0.3, 0.4) is 0 Å². The third kappa shape index (κ3) is 4.97. The van der Waals surface area contributed by atoms with Crippen LogP contribution in [0.15, 0.2) is 58.0 Å². The van der Waals surface area contributed by atoms with Gasteiger partial charge in [-0.2, -0.15) is 5.10 Å². The fraction of sp³-hybridized carbons (Fsp3) is 0.167. The van der Waals surface area contributed by atoms with Crippen molar-refractivity contribution < 1.29 is 28.1 Å². The van der Waals surface area contributed by atoms with Crippen molar-refractivity contribution in [3.05, 3.63) is 98.2 Å². The van der Waals surface area contributed by atoms with Gasteiger partial charge in [-0.15, -0.1) is 0 Å². The van der Waals surface area contributed by atoms with E-state index in [0.29, 0.717) is 41.9 Å². The summed E-state index contributed by atoms with van der Waals surface area (Å²) in [4.78, 5) is 47.6. The number of hydrazine groups is 1. The van der Waals surface area contributed by atoms with Crippen LogP contribution in [0.25, 0.3) is 0 Å². The number of nitro benzene ring substituents is 1. The topological polar surface area (TPSA) is 156 Å². The molecule has 0 aliphatic heterocycles. The summed E-state index contributed by atoms with van der Waals surface area (Å²) in [5.74, 6) is -2.51. The fourth-order valence-corrected chi connectivity index (χ4v) is 3.82. The van der Waals surface area contributed by atoms with Crippen LogP contribution in [0, 0.1) is 22.9 Å². The SMILES string of the molecule is Cc1c(C(=O)NNC(=O)c2ccccc2F)oc2c1/C(=N/NC(=O)c1cccc([N+](=O)[O-])c1)CCC2. The second-order valence-corrected chi connectivity index (χ2v) is 7.90. The summed E-state index contributed by atoms with van der Waals surface area (Å²) >= 11 is 0. The normalized spacial score (nSPS) is 13.6. The smallest absolute Gasteiger partial charge is 0.305 e. The largest absolute Gasteiger partial charge is 0.455 e. The third-order valence-corrected chi connectivity index (χ3v) is 5.55. The first kappa shape index (κ1) is 24.3. The van der Waals surface area contributed by atoms with Crippen molar-refractivity contribution in [1.82, 2.24) is 16.3 Å². The number of carbonyl (C=O) groups is 3. The molecule has 1 aromatic heterocycles. The summed E-state index contributed by atoms with van der Waals surface area (Å²) in [6, 6.07) is 10.6. The molecule has 3 amide bonds. The number of nitrogens with one attached hydrogen (secondary N) is 3. The van der Waals surface area contributed by atoms with Crippen molar-refractivity contribution in [2.45, 2.75) is 26.2 Å². The van der Waals surface area contributed by atoms with Gasteiger partial charge in [-0.3, -0.25) is 35.3 Å². The minimum atomic E-state index is -0.832. The van der Waals surface area contributed by atoms with E-state index < -0.39 is 28.5 Å². The molecule has 0 saturated carbocycles. The van der Waals surface area contributed by atoms with Crippen molar-refractivity contribution in [3.8, 4) is 0 Å². The van der Waals surface area contributed by atoms with Gasteiger partial charge in [0, 0.05) is 35.2 Å². The summed E-state index contributed by atoms with van der Waals surface area (Å²) in [6.45, 7) is 1.64. The molecule has 36 heavy (non-hydrogen) atoms. The zero-order valence-corrected chi connectivity index (χ0v) is 19.0. The standard InChI is InChI=1S/C24H20FN5O6/c1-13-20-18(26-27-22(31)14-6-4-7-15(12-14)30(34)35)10-5-11-19(20)36-21(13)24(33)29-28-23(32)16-8-2-3-9-17(16)25/h2-4,6-9,12H,5,10-11H2,1H3,(H,27,31)(H,28,32)(H,29,33)/b26-18+. The molecule has 0 radical (unpaired) electrons. The molecule has 0 unspecified atom stereocenters. The predicted octanol–water partition coefficient (Wildman–Crippen LogP) is 3.18. The van der Waals surface area contributed by atoms with E-state index in [0.717, 1.165) is 12.1 Å². The maximum absolute atomic E-state index is 13.8. The van der Waals surface area contributed by atoms with Gasteiger partial charge in [0.1, 0.15) is 11.6 Å². The van der Waals surface area contributed by atoms with Crippen LogP contribution in [0.2, 0.25) is 0 Å². The predicted molar refractivity (Wildman–Crippen MR) is 125 cm³/mol. The number of nitrogens with zero attached hydrogens (tertiary/aromatic N) is 2. The summed E-state index contributed by atoms with van der Waals surface area (Å²) in [6.07, 6.45) is 1.67. The molecule has 1 aliphatic rings. The minimum Gasteiger partial charge on any atom is -0.455 e. The molecular weight excluding hydrogens is 473 g/mol. The van der Waals surface area contributed by atoms with Crippen LogP contribution in [0.4, 0.5) is 10.1 Å². The molecular formula is C24H20FN5O6. The second-order valence-electron chi connectivity index (χ2n) is 7.90. The van der Waals surface area contributed by atoms with Gasteiger partial charge in [0.15, 0.2) is 5.76 Å². The fourth-order valence-electron chi connectivity index (χ4n) is 3.82. The van der Waals surface area contributed by atoms with Gasteiger partial charge >= 0.3 is 5.91 Å². The molecule has 0 atom stereocenters. The molecule has 3 aromatic rings.